The summed E-state index contributed by atoms with van der Waals surface area (Å²) in [4.78, 5) is 32.8. The highest BCUT2D eigenvalue weighted by atomic mass is 32.2. The minimum atomic E-state index is -0.494. The summed E-state index contributed by atoms with van der Waals surface area (Å²) in [5.41, 5.74) is -0.409. The van der Waals surface area contributed by atoms with E-state index >= 15 is 0 Å². The predicted octanol–water partition coefficient (Wildman–Crippen LogP) is 8.46. The number of carbonyl (C=O) groups is 1. The Morgan fingerprint density at radius 1 is 1.00 bits per heavy atom. The number of hydrogen-bond donors (Lipinski definition) is 2. The third kappa shape index (κ3) is 5.53. The highest BCUT2D eigenvalue weighted by Crippen LogP contribution is 2.76. The van der Waals surface area contributed by atoms with Gasteiger partial charge in [-0.15, -0.1) is 0 Å². The van der Waals surface area contributed by atoms with Gasteiger partial charge in [-0.05, 0) is 143 Å². The molecule has 0 radical (unpaired) electrons. The van der Waals surface area contributed by atoms with Gasteiger partial charge >= 0.3 is 5.97 Å². The predicted molar refractivity (Wildman–Crippen MR) is 191 cm³/mol. The molecule has 1 saturated heterocycles. The van der Waals surface area contributed by atoms with Crippen LogP contribution in [-0.2, 0) is 14.3 Å². The van der Waals surface area contributed by atoms with Crippen molar-refractivity contribution in [3.8, 4) is 0 Å². The van der Waals surface area contributed by atoms with Crippen LogP contribution in [0.3, 0.4) is 0 Å². The lowest BCUT2D eigenvalue weighted by atomic mass is 9.35. The van der Waals surface area contributed by atoms with E-state index in [9.17, 15) is 19.1 Å². The molecule has 2 aromatic rings. The molecule has 1 aromatic carbocycles. The Bertz CT molecular complexity index is 1690. The molecular weight excluding hydrogens is 640 g/mol. The van der Waals surface area contributed by atoms with Gasteiger partial charge in [-0.25, -0.2) is 9.37 Å². The molecule has 7 nitrogen and oxygen atoms in total. The monoisotopic (exact) mass is 696 g/mol. The lowest BCUT2D eigenvalue weighted by Gasteiger charge is -2.70. The van der Waals surface area contributed by atoms with Crippen LogP contribution in [0.15, 0.2) is 28.2 Å². The summed E-state index contributed by atoms with van der Waals surface area (Å²) in [5, 5.41) is 12.7. The van der Waals surface area contributed by atoms with Gasteiger partial charge in [0.2, 0.25) is 0 Å². The highest BCUT2D eigenvalue weighted by molar-refractivity contribution is 7.99. The Kier molecular flexibility index (Phi) is 8.52. The summed E-state index contributed by atoms with van der Waals surface area (Å²) >= 11 is 1.13. The molecule has 10 atom stereocenters. The standard InChI is InChI=1S/C40H57FN2O5S/c1-35(2)15-9-16-40(8,48-35)25-12-18-39(7)32(25)27(44)21-29-37(5)17-14-30(36(3,4)28(37)13-19-38(29,39)6)47-31(45)22-49-34-42-26-11-10-23(41)20-24(26)33(46)43-34/h10-11,20,25,27-30,32,44H,9,12-19,21-22H2,1-8H3,(H,42,43,46)/t25-,27-,28+,29+,30+,32+,37+,38-,39-,40-/m1/s1. The topological polar surface area (TPSA) is 102 Å². The first-order chi connectivity index (χ1) is 22.8. The minimum absolute atomic E-state index is 0.0256. The number of aliphatic hydroxyl groups is 1. The number of thioether (sulfide) groups is 1. The van der Waals surface area contributed by atoms with Gasteiger partial charge in [0.1, 0.15) is 11.9 Å². The summed E-state index contributed by atoms with van der Waals surface area (Å²) in [5.74, 6) is 0.566. The second kappa shape index (κ2) is 11.8. The van der Waals surface area contributed by atoms with Crippen LogP contribution in [0.2, 0.25) is 0 Å². The van der Waals surface area contributed by atoms with Crippen molar-refractivity contribution < 1.29 is 23.8 Å². The second-order valence-corrected chi connectivity index (χ2v) is 19.6. The molecule has 5 fully saturated rings. The molecule has 0 amide bonds. The number of benzene rings is 1. The number of carbonyl (C=O) groups excluding carboxylic acids is 1. The molecule has 2 N–H and O–H groups in total. The van der Waals surface area contributed by atoms with E-state index in [4.69, 9.17) is 9.47 Å². The third-order valence-corrected chi connectivity index (χ3v) is 16.2. The van der Waals surface area contributed by atoms with Gasteiger partial charge in [0.05, 0.1) is 34.0 Å². The Morgan fingerprint density at radius 3 is 2.47 bits per heavy atom. The van der Waals surface area contributed by atoms with Gasteiger partial charge in [0.15, 0.2) is 5.16 Å². The minimum Gasteiger partial charge on any atom is -0.461 e. The van der Waals surface area contributed by atoms with E-state index in [-0.39, 0.29) is 68.1 Å². The van der Waals surface area contributed by atoms with Crippen LogP contribution < -0.4 is 5.56 Å². The largest absolute Gasteiger partial charge is 0.461 e. The Hall–Kier alpha value is -1.97. The number of halogens is 1. The molecule has 9 heteroatoms. The fourth-order valence-corrected chi connectivity index (χ4v) is 13.6. The normalized spacial score (nSPS) is 42.6. The molecule has 7 rings (SSSR count). The first kappa shape index (κ1) is 35.4. The number of fused-ring (bicyclic) bond motifs is 6. The number of aromatic nitrogens is 2. The van der Waals surface area contributed by atoms with Gasteiger partial charge in [-0.3, -0.25) is 9.59 Å². The molecule has 1 aromatic heterocycles. The van der Waals surface area contributed by atoms with E-state index in [1.165, 1.54) is 24.6 Å². The van der Waals surface area contributed by atoms with Gasteiger partial charge < -0.3 is 19.6 Å². The van der Waals surface area contributed by atoms with Crippen LogP contribution in [0.5, 0.6) is 0 Å². The van der Waals surface area contributed by atoms with Crippen molar-refractivity contribution in [2.24, 2.45) is 45.3 Å². The van der Waals surface area contributed by atoms with E-state index in [1.54, 1.807) is 0 Å². The van der Waals surface area contributed by atoms with E-state index in [1.807, 2.05) is 0 Å². The zero-order chi connectivity index (χ0) is 35.4. The average Bonchev–Trinajstić information content (AvgIpc) is 3.39. The molecule has 1 aliphatic heterocycles. The Labute approximate surface area is 295 Å². The number of ether oxygens (including phenoxy) is 2. The molecule has 0 spiro atoms. The Morgan fingerprint density at radius 2 is 1.73 bits per heavy atom. The van der Waals surface area contributed by atoms with Gasteiger partial charge in [0, 0.05) is 5.41 Å². The summed E-state index contributed by atoms with van der Waals surface area (Å²) in [7, 11) is 0. The van der Waals surface area contributed by atoms with Gasteiger partial charge in [-0.1, -0.05) is 46.4 Å². The maximum atomic E-state index is 13.6. The second-order valence-electron chi connectivity index (χ2n) is 18.6. The maximum Gasteiger partial charge on any atom is 0.316 e. The summed E-state index contributed by atoms with van der Waals surface area (Å²) in [6, 6.07) is 3.91. The molecule has 49 heavy (non-hydrogen) atoms. The smallest absolute Gasteiger partial charge is 0.316 e. The molecule has 0 unspecified atom stereocenters. The SMILES string of the molecule is CC1(C)CCC[C@](C)([C@@H]2CC[C@]3(C)[C@@H]2[C@H](O)C[C@H]2[C@@]4(C)CC[C@H](OC(=O)CSc5nc6ccc(F)cc6c(=O)[nH]5)C(C)(C)[C@@H]4CC[C@]23C)O1. The zero-order valence-electron chi connectivity index (χ0n) is 30.8. The van der Waals surface area contributed by atoms with Crippen molar-refractivity contribution in [3.63, 3.8) is 0 Å². The van der Waals surface area contributed by atoms with Crippen molar-refractivity contribution in [1.82, 2.24) is 9.97 Å². The lowest BCUT2D eigenvalue weighted by molar-refractivity contribution is -0.258. The van der Waals surface area contributed by atoms with Gasteiger partial charge in [-0.2, -0.15) is 0 Å². The maximum absolute atomic E-state index is 13.6. The van der Waals surface area contributed by atoms with E-state index in [2.05, 4.69) is 65.4 Å². The summed E-state index contributed by atoms with van der Waals surface area (Å²) in [6.45, 7) is 18.9. The van der Waals surface area contributed by atoms with Crippen LogP contribution >= 0.6 is 11.8 Å². The fourth-order valence-electron chi connectivity index (χ4n) is 13.0. The number of aliphatic hydroxyl groups excluding tert-OH is 1. The molecular formula is C40H57FN2O5S. The summed E-state index contributed by atoms with van der Waals surface area (Å²) in [6.07, 6.45) is 9.86. The van der Waals surface area contributed by atoms with Crippen molar-refractivity contribution in [1.29, 1.82) is 0 Å². The molecule has 4 saturated carbocycles. The van der Waals surface area contributed by atoms with E-state index in [0.29, 0.717) is 28.4 Å². The molecule has 5 aliphatic rings. The number of rotatable bonds is 5. The molecule has 4 aliphatic carbocycles. The fraction of sp³-hybridized carbons (Fsp3) is 0.775. The van der Waals surface area contributed by atoms with Crippen molar-refractivity contribution >= 4 is 28.6 Å². The van der Waals surface area contributed by atoms with Crippen molar-refractivity contribution in [2.75, 3.05) is 5.75 Å². The highest BCUT2D eigenvalue weighted by Gasteiger charge is 2.72. The number of nitrogens with one attached hydrogen (secondary N) is 1. The van der Waals surface area contributed by atoms with Crippen molar-refractivity contribution in [3.05, 3.63) is 34.4 Å². The zero-order valence-corrected chi connectivity index (χ0v) is 31.6. The quantitative estimate of drug-likeness (QED) is 0.184. The first-order valence-corrected chi connectivity index (χ1v) is 19.7. The van der Waals surface area contributed by atoms with E-state index < -0.39 is 11.4 Å². The van der Waals surface area contributed by atoms with Gasteiger partial charge in [0.25, 0.3) is 5.56 Å². The molecule has 2 heterocycles. The van der Waals surface area contributed by atoms with E-state index in [0.717, 1.165) is 69.5 Å². The first-order valence-electron chi connectivity index (χ1n) is 18.7. The number of nitrogens with zero attached hydrogens (tertiary/aromatic N) is 1. The number of H-pyrrole nitrogens is 1. The summed E-state index contributed by atoms with van der Waals surface area (Å²) < 4.78 is 26.8. The Balaban J connectivity index is 1.06. The number of hydrogen-bond acceptors (Lipinski definition) is 7. The van der Waals surface area contributed by atoms with Crippen LogP contribution in [0, 0.1) is 51.1 Å². The average molecular weight is 697 g/mol. The molecule has 0 bridgehead atoms. The molecule has 270 valence electrons. The van der Waals surface area contributed by atoms with Crippen LogP contribution in [0.4, 0.5) is 4.39 Å². The third-order valence-electron chi connectivity index (χ3n) is 15.3. The number of aromatic amines is 1. The van der Waals surface area contributed by atoms with Crippen LogP contribution in [0.25, 0.3) is 10.9 Å². The number of esters is 1. The van der Waals surface area contributed by atoms with Crippen molar-refractivity contribution in [2.45, 2.75) is 148 Å². The van der Waals surface area contributed by atoms with Crippen LogP contribution in [-0.4, -0.2) is 50.2 Å². The van der Waals surface area contributed by atoms with Crippen LogP contribution in [0.1, 0.15) is 120 Å². The lowest BCUT2D eigenvalue weighted by Crippen LogP contribution is -2.67.